The summed E-state index contributed by atoms with van der Waals surface area (Å²) in [6, 6.07) is 0. The zero-order chi connectivity index (χ0) is 9.84. The van der Waals surface area contributed by atoms with Gasteiger partial charge in [-0.2, -0.15) is 0 Å². The van der Waals surface area contributed by atoms with Crippen LogP contribution in [0.25, 0.3) is 0 Å². The van der Waals surface area contributed by atoms with Crippen molar-refractivity contribution in [2.45, 2.75) is 13.8 Å². The molecule has 0 saturated heterocycles. The highest BCUT2D eigenvalue weighted by atomic mass is 127. The summed E-state index contributed by atoms with van der Waals surface area (Å²) in [5.41, 5.74) is 0. The summed E-state index contributed by atoms with van der Waals surface area (Å²) in [4.78, 5) is 10.5. The smallest absolute Gasteiger partial charge is 0.172 e. The first-order valence-electron chi connectivity index (χ1n) is 4.12. The van der Waals surface area contributed by atoms with E-state index in [0.29, 0.717) is 5.15 Å². The van der Waals surface area contributed by atoms with Gasteiger partial charge in [0.1, 0.15) is 3.70 Å². The van der Waals surface area contributed by atoms with Crippen LogP contribution in [0, 0.1) is 3.70 Å². The van der Waals surface area contributed by atoms with Crippen molar-refractivity contribution in [3.63, 3.8) is 0 Å². The van der Waals surface area contributed by atoms with Gasteiger partial charge < -0.3 is 4.90 Å². The molecule has 0 aromatic carbocycles. The molecular weight excluding hydrogens is 300 g/mol. The average Bonchev–Trinajstić information content (AvgIpc) is 2.10. The van der Waals surface area contributed by atoms with Gasteiger partial charge in [0, 0.05) is 13.1 Å². The lowest BCUT2D eigenvalue weighted by Crippen LogP contribution is -2.23. The second kappa shape index (κ2) is 4.95. The molecule has 0 aliphatic heterocycles. The highest BCUT2D eigenvalue weighted by molar-refractivity contribution is 14.1. The number of aromatic nitrogens is 2. The Morgan fingerprint density at radius 2 is 2.08 bits per heavy atom. The van der Waals surface area contributed by atoms with Crippen LogP contribution in [-0.4, -0.2) is 23.1 Å². The van der Waals surface area contributed by atoms with Gasteiger partial charge in [-0.15, -0.1) is 0 Å². The molecule has 0 amide bonds. The number of hydrogen-bond donors (Lipinski definition) is 0. The monoisotopic (exact) mass is 311 g/mol. The van der Waals surface area contributed by atoms with Crippen molar-refractivity contribution < 1.29 is 0 Å². The minimum Gasteiger partial charge on any atom is -0.355 e. The first-order valence-corrected chi connectivity index (χ1v) is 5.57. The van der Waals surface area contributed by atoms with Crippen LogP contribution >= 0.6 is 34.2 Å². The molecule has 0 aliphatic rings. The van der Waals surface area contributed by atoms with Gasteiger partial charge in [-0.1, -0.05) is 11.6 Å². The SMILES string of the molecule is CCN(CC)c1ncc(I)nc1Cl. The van der Waals surface area contributed by atoms with Gasteiger partial charge in [-0.3, -0.25) is 0 Å². The van der Waals surface area contributed by atoms with Crippen LogP contribution in [0.4, 0.5) is 5.82 Å². The van der Waals surface area contributed by atoms with Gasteiger partial charge in [0.2, 0.25) is 0 Å². The Bertz CT molecular complexity index is 289. The van der Waals surface area contributed by atoms with E-state index < -0.39 is 0 Å². The summed E-state index contributed by atoms with van der Waals surface area (Å²) in [5, 5.41) is 0.482. The maximum atomic E-state index is 5.96. The van der Waals surface area contributed by atoms with Crippen LogP contribution < -0.4 is 4.90 Å². The average molecular weight is 312 g/mol. The van der Waals surface area contributed by atoms with E-state index >= 15 is 0 Å². The van der Waals surface area contributed by atoms with E-state index in [1.54, 1.807) is 6.20 Å². The largest absolute Gasteiger partial charge is 0.355 e. The molecule has 0 radical (unpaired) electrons. The molecule has 3 nitrogen and oxygen atoms in total. The lowest BCUT2D eigenvalue weighted by atomic mass is 10.5. The Morgan fingerprint density at radius 3 is 2.54 bits per heavy atom. The molecule has 0 saturated carbocycles. The summed E-state index contributed by atoms with van der Waals surface area (Å²) in [5.74, 6) is 0.770. The molecule has 1 aromatic heterocycles. The molecule has 1 heterocycles. The predicted octanol–water partition coefficient (Wildman–Crippen LogP) is 2.58. The fraction of sp³-hybridized carbons (Fsp3) is 0.500. The lowest BCUT2D eigenvalue weighted by Gasteiger charge is -2.19. The van der Waals surface area contributed by atoms with Gasteiger partial charge in [-0.25, -0.2) is 9.97 Å². The summed E-state index contributed by atoms with van der Waals surface area (Å²) in [6.45, 7) is 5.93. The molecule has 1 rings (SSSR count). The minimum absolute atomic E-state index is 0.482. The summed E-state index contributed by atoms with van der Waals surface area (Å²) in [7, 11) is 0. The molecule has 0 aliphatic carbocycles. The quantitative estimate of drug-likeness (QED) is 0.804. The molecule has 0 unspecified atom stereocenters. The molecule has 13 heavy (non-hydrogen) atoms. The predicted molar refractivity (Wildman–Crippen MR) is 63.3 cm³/mol. The van der Waals surface area contributed by atoms with Crippen molar-refractivity contribution in [3.05, 3.63) is 15.1 Å². The molecule has 0 atom stereocenters. The molecule has 0 bridgehead atoms. The fourth-order valence-electron chi connectivity index (χ4n) is 1.08. The van der Waals surface area contributed by atoms with E-state index in [1.807, 2.05) is 0 Å². The maximum absolute atomic E-state index is 5.96. The van der Waals surface area contributed by atoms with Crippen LogP contribution in [-0.2, 0) is 0 Å². The van der Waals surface area contributed by atoms with Crippen molar-refractivity contribution in [2.75, 3.05) is 18.0 Å². The van der Waals surface area contributed by atoms with Gasteiger partial charge >= 0.3 is 0 Å². The van der Waals surface area contributed by atoms with E-state index in [0.717, 1.165) is 22.6 Å². The maximum Gasteiger partial charge on any atom is 0.172 e. The van der Waals surface area contributed by atoms with Crippen LogP contribution in [0.3, 0.4) is 0 Å². The third-order valence-electron chi connectivity index (χ3n) is 1.75. The summed E-state index contributed by atoms with van der Waals surface area (Å²) < 4.78 is 0.818. The lowest BCUT2D eigenvalue weighted by molar-refractivity contribution is 0.839. The summed E-state index contributed by atoms with van der Waals surface area (Å²) >= 11 is 8.05. The van der Waals surface area contributed by atoms with Crippen LogP contribution in [0.15, 0.2) is 6.20 Å². The van der Waals surface area contributed by atoms with Crippen molar-refractivity contribution in [1.82, 2.24) is 9.97 Å². The number of nitrogens with zero attached hydrogens (tertiary/aromatic N) is 3. The van der Waals surface area contributed by atoms with Crippen molar-refractivity contribution in [3.8, 4) is 0 Å². The standard InChI is InChI=1S/C8H11ClIN3/c1-3-13(4-2)8-7(9)12-6(10)5-11-8/h5H,3-4H2,1-2H3. The highest BCUT2D eigenvalue weighted by Gasteiger charge is 2.09. The second-order valence-electron chi connectivity index (χ2n) is 2.48. The van der Waals surface area contributed by atoms with Crippen molar-refractivity contribution in [1.29, 1.82) is 0 Å². The Balaban J connectivity index is 2.99. The molecule has 72 valence electrons. The van der Waals surface area contributed by atoms with Gasteiger partial charge in [0.05, 0.1) is 6.20 Å². The minimum atomic E-state index is 0.482. The Labute approximate surface area is 96.7 Å². The van der Waals surface area contributed by atoms with Crippen LogP contribution in [0.1, 0.15) is 13.8 Å². The van der Waals surface area contributed by atoms with E-state index in [4.69, 9.17) is 11.6 Å². The number of anilines is 1. The molecular formula is C8H11ClIN3. The molecule has 0 N–H and O–H groups in total. The number of halogens is 2. The van der Waals surface area contributed by atoms with E-state index in [9.17, 15) is 0 Å². The fourth-order valence-corrected chi connectivity index (χ4v) is 1.86. The molecule has 5 heteroatoms. The molecule has 0 spiro atoms. The first-order chi connectivity index (χ1) is 6.19. The Kier molecular flexibility index (Phi) is 4.18. The topological polar surface area (TPSA) is 29.0 Å². The van der Waals surface area contributed by atoms with Crippen LogP contribution in [0.5, 0.6) is 0 Å². The van der Waals surface area contributed by atoms with Crippen molar-refractivity contribution >= 4 is 40.0 Å². The highest BCUT2D eigenvalue weighted by Crippen LogP contribution is 2.20. The normalized spacial score (nSPS) is 10.2. The Hall–Kier alpha value is -0.100. The van der Waals surface area contributed by atoms with Crippen molar-refractivity contribution in [2.24, 2.45) is 0 Å². The first kappa shape index (κ1) is 11.0. The second-order valence-corrected chi connectivity index (χ2v) is 3.94. The zero-order valence-electron chi connectivity index (χ0n) is 7.59. The van der Waals surface area contributed by atoms with E-state index in [1.165, 1.54) is 0 Å². The van der Waals surface area contributed by atoms with Crippen LogP contribution in [0.2, 0.25) is 5.15 Å². The van der Waals surface area contributed by atoms with Gasteiger partial charge in [-0.05, 0) is 36.4 Å². The number of rotatable bonds is 3. The third-order valence-corrected chi connectivity index (χ3v) is 2.52. The molecule has 1 aromatic rings. The zero-order valence-corrected chi connectivity index (χ0v) is 10.5. The summed E-state index contributed by atoms with van der Waals surface area (Å²) in [6.07, 6.45) is 1.72. The van der Waals surface area contributed by atoms with E-state index in [2.05, 4.69) is 51.3 Å². The van der Waals surface area contributed by atoms with E-state index in [-0.39, 0.29) is 0 Å². The molecule has 0 fully saturated rings. The van der Waals surface area contributed by atoms with Gasteiger partial charge in [0.25, 0.3) is 0 Å². The Morgan fingerprint density at radius 1 is 1.46 bits per heavy atom. The number of hydrogen-bond acceptors (Lipinski definition) is 3. The third kappa shape index (κ3) is 2.67. The van der Waals surface area contributed by atoms with Gasteiger partial charge in [0.15, 0.2) is 11.0 Å².